The van der Waals surface area contributed by atoms with E-state index in [0.717, 1.165) is 12.2 Å². The number of methoxy groups -OCH3 is 2. The number of hydrogen-bond donors (Lipinski definition) is 1. The van der Waals surface area contributed by atoms with E-state index >= 15 is 0 Å². The Labute approximate surface area is 124 Å². The van der Waals surface area contributed by atoms with Crippen molar-refractivity contribution in [3.8, 4) is 23.1 Å². The first kappa shape index (κ1) is 15.1. The van der Waals surface area contributed by atoms with Gasteiger partial charge in [-0.05, 0) is 6.54 Å². The zero-order valence-electron chi connectivity index (χ0n) is 12.4. The molecule has 0 spiro atoms. The highest BCUT2D eigenvalue weighted by molar-refractivity contribution is 5.43. The smallest absolute Gasteiger partial charge is 0.238 e. The van der Waals surface area contributed by atoms with Gasteiger partial charge in [0, 0.05) is 30.9 Å². The standard InChI is InChI=1S/C15H19N3O3/c1-4-16-8-11-9-17-10-15(18-11)21-14-6-12(19-2)5-13(7-14)20-3/h5-7,9-10,16H,4,8H2,1-3H3. The Hall–Kier alpha value is -2.34. The first-order valence-electron chi connectivity index (χ1n) is 6.67. The Kier molecular flexibility index (Phi) is 5.34. The van der Waals surface area contributed by atoms with E-state index in [1.165, 1.54) is 0 Å². The first-order valence-corrected chi connectivity index (χ1v) is 6.67. The number of nitrogens with zero attached hydrogens (tertiary/aromatic N) is 2. The van der Waals surface area contributed by atoms with Crippen molar-refractivity contribution in [2.75, 3.05) is 20.8 Å². The normalized spacial score (nSPS) is 10.2. The molecule has 0 aliphatic heterocycles. The summed E-state index contributed by atoms with van der Waals surface area (Å²) in [5.41, 5.74) is 0.823. The molecule has 1 aromatic heterocycles. The molecule has 21 heavy (non-hydrogen) atoms. The summed E-state index contributed by atoms with van der Waals surface area (Å²) in [6.45, 7) is 3.57. The van der Waals surface area contributed by atoms with Gasteiger partial charge in [-0.25, -0.2) is 4.98 Å². The Morgan fingerprint density at radius 1 is 1.00 bits per heavy atom. The van der Waals surface area contributed by atoms with Crippen LogP contribution in [0.4, 0.5) is 0 Å². The third-order valence-corrected chi connectivity index (χ3v) is 2.77. The van der Waals surface area contributed by atoms with Crippen LogP contribution in [0.2, 0.25) is 0 Å². The lowest BCUT2D eigenvalue weighted by atomic mass is 10.3. The van der Waals surface area contributed by atoms with E-state index in [1.807, 2.05) is 6.92 Å². The molecule has 0 bridgehead atoms. The molecule has 0 saturated heterocycles. The van der Waals surface area contributed by atoms with Gasteiger partial charge < -0.3 is 19.5 Å². The topological polar surface area (TPSA) is 65.5 Å². The maximum atomic E-state index is 5.72. The lowest BCUT2D eigenvalue weighted by Crippen LogP contribution is -2.13. The van der Waals surface area contributed by atoms with Crippen LogP contribution in [0.5, 0.6) is 23.1 Å². The Balaban J connectivity index is 2.17. The molecule has 0 aliphatic carbocycles. The predicted octanol–water partition coefficient (Wildman–Crippen LogP) is 2.40. The van der Waals surface area contributed by atoms with E-state index < -0.39 is 0 Å². The van der Waals surface area contributed by atoms with Crippen LogP contribution >= 0.6 is 0 Å². The van der Waals surface area contributed by atoms with Crippen LogP contribution in [0, 0.1) is 0 Å². The van der Waals surface area contributed by atoms with Crippen LogP contribution in [0.1, 0.15) is 12.6 Å². The summed E-state index contributed by atoms with van der Waals surface area (Å²) >= 11 is 0. The van der Waals surface area contributed by atoms with Crippen molar-refractivity contribution < 1.29 is 14.2 Å². The lowest BCUT2D eigenvalue weighted by molar-refractivity contribution is 0.384. The lowest BCUT2D eigenvalue weighted by Gasteiger charge is -2.10. The van der Waals surface area contributed by atoms with Gasteiger partial charge in [-0.2, -0.15) is 0 Å². The summed E-state index contributed by atoms with van der Waals surface area (Å²) in [4.78, 5) is 8.52. The third-order valence-electron chi connectivity index (χ3n) is 2.77. The minimum Gasteiger partial charge on any atom is -0.496 e. The van der Waals surface area contributed by atoms with E-state index in [-0.39, 0.29) is 0 Å². The van der Waals surface area contributed by atoms with Crippen molar-refractivity contribution >= 4 is 0 Å². The molecule has 112 valence electrons. The van der Waals surface area contributed by atoms with E-state index in [4.69, 9.17) is 14.2 Å². The summed E-state index contributed by atoms with van der Waals surface area (Å²) in [6, 6.07) is 5.31. The van der Waals surface area contributed by atoms with Crippen molar-refractivity contribution in [2.45, 2.75) is 13.5 Å². The number of nitrogens with one attached hydrogen (secondary N) is 1. The zero-order chi connectivity index (χ0) is 15.1. The van der Waals surface area contributed by atoms with Gasteiger partial charge in [0.25, 0.3) is 0 Å². The molecule has 0 atom stereocenters. The molecule has 2 rings (SSSR count). The molecule has 1 heterocycles. The second kappa shape index (κ2) is 7.44. The highest BCUT2D eigenvalue weighted by Crippen LogP contribution is 2.29. The molecule has 0 saturated carbocycles. The summed E-state index contributed by atoms with van der Waals surface area (Å²) < 4.78 is 16.1. The van der Waals surface area contributed by atoms with Gasteiger partial charge in [0.1, 0.15) is 17.2 Å². The van der Waals surface area contributed by atoms with E-state index in [0.29, 0.717) is 29.7 Å². The number of hydrogen-bond acceptors (Lipinski definition) is 6. The number of rotatable bonds is 7. The molecule has 2 aromatic rings. The second-order valence-corrected chi connectivity index (χ2v) is 4.28. The maximum Gasteiger partial charge on any atom is 0.238 e. The van der Waals surface area contributed by atoms with Crippen LogP contribution in [-0.4, -0.2) is 30.7 Å². The maximum absolute atomic E-state index is 5.72. The number of ether oxygens (including phenoxy) is 3. The fourth-order valence-corrected chi connectivity index (χ4v) is 1.73. The van der Waals surface area contributed by atoms with Crippen molar-refractivity contribution in [2.24, 2.45) is 0 Å². The molecular formula is C15H19N3O3. The quantitative estimate of drug-likeness (QED) is 0.844. The van der Waals surface area contributed by atoms with Crippen LogP contribution in [-0.2, 0) is 6.54 Å². The summed E-state index contributed by atoms with van der Waals surface area (Å²) in [5, 5.41) is 3.19. The molecule has 1 aromatic carbocycles. The highest BCUT2D eigenvalue weighted by Gasteiger charge is 2.06. The monoisotopic (exact) mass is 289 g/mol. The van der Waals surface area contributed by atoms with Crippen molar-refractivity contribution in [1.82, 2.24) is 15.3 Å². The molecule has 0 fully saturated rings. The highest BCUT2D eigenvalue weighted by atomic mass is 16.5. The van der Waals surface area contributed by atoms with Gasteiger partial charge >= 0.3 is 0 Å². The predicted molar refractivity (Wildman–Crippen MR) is 79.0 cm³/mol. The molecule has 0 unspecified atom stereocenters. The van der Waals surface area contributed by atoms with Gasteiger partial charge in [0.2, 0.25) is 5.88 Å². The summed E-state index contributed by atoms with van der Waals surface area (Å²) in [6.07, 6.45) is 3.28. The van der Waals surface area contributed by atoms with Crippen LogP contribution in [0.3, 0.4) is 0 Å². The molecule has 1 N–H and O–H groups in total. The van der Waals surface area contributed by atoms with E-state index in [2.05, 4.69) is 15.3 Å². The molecule has 6 heteroatoms. The molecular weight excluding hydrogens is 270 g/mol. The van der Waals surface area contributed by atoms with Gasteiger partial charge in [-0.3, -0.25) is 4.98 Å². The zero-order valence-corrected chi connectivity index (χ0v) is 12.4. The van der Waals surface area contributed by atoms with E-state index in [1.54, 1.807) is 44.8 Å². The average molecular weight is 289 g/mol. The molecule has 0 radical (unpaired) electrons. The molecule has 0 aliphatic rings. The minimum atomic E-state index is 0.431. The van der Waals surface area contributed by atoms with Gasteiger partial charge in [-0.1, -0.05) is 6.92 Å². The number of benzene rings is 1. The van der Waals surface area contributed by atoms with Crippen LogP contribution < -0.4 is 19.5 Å². The molecule has 6 nitrogen and oxygen atoms in total. The Bertz CT molecular complexity index is 568. The average Bonchev–Trinajstić information content (AvgIpc) is 2.52. The van der Waals surface area contributed by atoms with Crippen molar-refractivity contribution in [1.29, 1.82) is 0 Å². The summed E-state index contributed by atoms with van der Waals surface area (Å²) in [5.74, 6) is 2.32. The van der Waals surface area contributed by atoms with Gasteiger partial charge in [0.05, 0.1) is 26.1 Å². The van der Waals surface area contributed by atoms with Gasteiger partial charge in [0.15, 0.2) is 0 Å². The van der Waals surface area contributed by atoms with E-state index in [9.17, 15) is 0 Å². The van der Waals surface area contributed by atoms with Gasteiger partial charge in [-0.15, -0.1) is 0 Å². The Morgan fingerprint density at radius 3 is 2.29 bits per heavy atom. The first-order chi connectivity index (χ1) is 10.2. The third kappa shape index (κ3) is 4.32. The van der Waals surface area contributed by atoms with Crippen LogP contribution in [0.25, 0.3) is 0 Å². The Morgan fingerprint density at radius 2 is 1.67 bits per heavy atom. The van der Waals surface area contributed by atoms with Crippen molar-refractivity contribution in [3.63, 3.8) is 0 Å². The fraction of sp³-hybridized carbons (Fsp3) is 0.333. The fourth-order valence-electron chi connectivity index (χ4n) is 1.73. The van der Waals surface area contributed by atoms with Crippen molar-refractivity contribution in [3.05, 3.63) is 36.3 Å². The second-order valence-electron chi connectivity index (χ2n) is 4.28. The van der Waals surface area contributed by atoms with Crippen LogP contribution in [0.15, 0.2) is 30.6 Å². The molecule has 0 amide bonds. The number of aromatic nitrogens is 2. The SMILES string of the molecule is CCNCc1cncc(Oc2cc(OC)cc(OC)c2)n1. The summed E-state index contributed by atoms with van der Waals surface area (Å²) in [7, 11) is 3.19. The minimum absolute atomic E-state index is 0.431. The largest absolute Gasteiger partial charge is 0.496 e.